The first-order valence-corrected chi connectivity index (χ1v) is 10.6. The molecule has 2 radical (unpaired) electrons. The summed E-state index contributed by atoms with van der Waals surface area (Å²) in [5, 5.41) is 5.32. The molecule has 2 heteroatoms. The molecule has 0 nitrogen and oxygen atoms in total. The summed E-state index contributed by atoms with van der Waals surface area (Å²) in [5.41, 5.74) is 0. The minimum Gasteiger partial charge on any atom is -0.168 e. The molecule has 0 fully saturated rings. The van der Waals surface area contributed by atoms with E-state index in [0.29, 0.717) is 0 Å². The number of fused-ring (bicyclic) bond motifs is 2. The maximum absolute atomic E-state index is 3.06. The first-order valence-electron chi connectivity index (χ1n) is 6.39. The van der Waals surface area contributed by atoms with Crippen LogP contribution in [-0.4, -0.2) is 6.88 Å². The summed E-state index contributed by atoms with van der Waals surface area (Å²) in [7, 11) is 0. The van der Waals surface area contributed by atoms with Crippen LogP contribution in [0.1, 0.15) is 0 Å². The van der Waals surface area contributed by atoms with Crippen molar-refractivity contribution in [2.75, 3.05) is 0 Å². The molecule has 0 N–H and O–H groups in total. The van der Waals surface area contributed by atoms with E-state index in [0.717, 1.165) is 0 Å². The van der Waals surface area contributed by atoms with Crippen molar-refractivity contribution < 1.29 is 23.3 Å². The fraction of sp³-hybridized carbons (Fsp3) is 0. The average molecular weight is 380 g/mol. The van der Waals surface area contributed by atoms with E-state index in [9.17, 15) is 0 Å². The Labute approximate surface area is 151 Å². The topological polar surface area (TPSA) is 0 Å². The molecular formula is C20H20SiZr-4. The van der Waals surface area contributed by atoms with Crippen molar-refractivity contribution in [2.24, 2.45) is 0 Å². The maximum Gasteiger partial charge on any atom is -0.0809 e. The Morgan fingerprint density at radius 1 is 0.591 bits per heavy atom. The van der Waals surface area contributed by atoms with Gasteiger partial charge in [-0.15, -0.1) is 59.3 Å². The molecule has 4 aromatic carbocycles. The van der Waals surface area contributed by atoms with Gasteiger partial charge in [-0.25, -0.2) is 0 Å². The normalized spacial score (nSPS) is 8.50. The molecule has 0 heterocycles. The summed E-state index contributed by atoms with van der Waals surface area (Å²) in [5.74, 6) is 0. The van der Waals surface area contributed by atoms with Crippen molar-refractivity contribution in [2.45, 2.75) is 0 Å². The number of benzene rings is 2. The van der Waals surface area contributed by atoms with Gasteiger partial charge in [-0.2, -0.15) is 35.0 Å². The summed E-state index contributed by atoms with van der Waals surface area (Å²) in [6.45, 7) is 3.06. The molecule has 0 amide bonds. The van der Waals surface area contributed by atoms with Gasteiger partial charge in [-0.05, 0) is 0 Å². The van der Waals surface area contributed by atoms with Crippen LogP contribution in [-0.2, 0) is 23.3 Å². The van der Waals surface area contributed by atoms with Crippen LogP contribution in [0.15, 0.2) is 84.9 Å². The monoisotopic (exact) mass is 378 g/mol. The molecule has 4 aromatic rings. The largest absolute Gasteiger partial charge is 0.168 e. The molecule has 4 rings (SSSR count). The van der Waals surface area contributed by atoms with Crippen LogP contribution in [0.5, 0.6) is 0 Å². The number of hydrogen-bond donors (Lipinski definition) is 0. The van der Waals surface area contributed by atoms with Crippen molar-refractivity contribution in [3.8, 4) is 0 Å². The fourth-order valence-corrected chi connectivity index (χ4v) is 2.14. The van der Waals surface area contributed by atoms with Gasteiger partial charge in [0.2, 0.25) is 0 Å². The summed E-state index contributed by atoms with van der Waals surface area (Å²) in [6.07, 6.45) is 0. The first kappa shape index (κ1) is 20.8. The predicted octanol–water partition coefficient (Wildman–Crippen LogP) is 5.63. The van der Waals surface area contributed by atoms with E-state index in [4.69, 9.17) is 0 Å². The van der Waals surface area contributed by atoms with Gasteiger partial charge in [0.25, 0.3) is 0 Å². The number of rotatable bonds is 0. The van der Waals surface area contributed by atoms with E-state index in [2.05, 4.69) is 91.8 Å². The zero-order valence-corrected chi connectivity index (χ0v) is 16.5. The second kappa shape index (κ2) is 11.3. The van der Waals surface area contributed by atoms with Crippen LogP contribution >= 0.6 is 0 Å². The maximum atomic E-state index is 3.06. The molecule has 0 bridgehead atoms. The Morgan fingerprint density at radius 3 is 1.32 bits per heavy atom. The molecule has 0 aliphatic carbocycles. The smallest absolute Gasteiger partial charge is 0.0809 e. The van der Waals surface area contributed by atoms with E-state index in [1.165, 1.54) is 44.9 Å². The Balaban J connectivity index is 0.000000334. The van der Waals surface area contributed by atoms with E-state index >= 15 is 0 Å². The van der Waals surface area contributed by atoms with Crippen molar-refractivity contribution in [1.29, 1.82) is 0 Å². The molecule has 22 heavy (non-hydrogen) atoms. The number of hydrogen-bond acceptors (Lipinski definition) is 0. The molecule has 0 spiro atoms. The van der Waals surface area contributed by atoms with Crippen LogP contribution in [0.25, 0.3) is 21.5 Å². The summed E-state index contributed by atoms with van der Waals surface area (Å²) in [6, 6.07) is 29.3. The standard InChI is InChI=1S/2C9H7.2CH3.Si.Zr/c2*1-2-5-9-7-3-6-8(9)4-1;;;;/h2*1-7H;2*1H3;;/q4*-1;;. The zero-order valence-electron chi connectivity index (χ0n) is 13.1. The van der Waals surface area contributed by atoms with Crippen molar-refractivity contribution >= 4 is 28.4 Å². The second-order valence-corrected chi connectivity index (χ2v) is 4.31. The Kier molecular flexibility index (Phi) is 10.7. The molecule has 112 valence electrons. The van der Waals surface area contributed by atoms with Crippen molar-refractivity contribution in [3.63, 3.8) is 0 Å². The van der Waals surface area contributed by atoms with E-state index < -0.39 is 0 Å². The second-order valence-electron chi connectivity index (χ2n) is 4.31. The van der Waals surface area contributed by atoms with E-state index in [-0.39, 0.29) is 14.9 Å². The van der Waals surface area contributed by atoms with E-state index in [1.54, 1.807) is 0 Å². The molecule has 0 unspecified atom stereocenters. The van der Waals surface area contributed by atoms with Crippen molar-refractivity contribution in [1.82, 2.24) is 0 Å². The molecule has 0 saturated heterocycles. The third-order valence-corrected chi connectivity index (χ3v) is 3.10. The van der Waals surface area contributed by atoms with Crippen molar-refractivity contribution in [3.05, 3.63) is 99.8 Å². The molecule has 0 saturated carbocycles. The van der Waals surface area contributed by atoms with Gasteiger partial charge in [-0.1, -0.05) is 12.1 Å². The van der Waals surface area contributed by atoms with Gasteiger partial charge in [0.1, 0.15) is 0 Å². The Hall–Kier alpha value is -1.24. The average Bonchev–Trinajstić information content (AvgIpc) is 3.18. The third-order valence-electron chi connectivity index (χ3n) is 3.10. The van der Waals surface area contributed by atoms with Crippen LogP contribution < -0.4 is 0 Å². The third kappa shape index (κ3) is 5.51. The fourth-order valence-electron chi connectivity index (χ4n) is 2.14. The van der Waals surface area contributed by atoms with Gasteiger partial charge >= 0.3 is 30.2 Å². The summed E-state index contributed by atoms with van der Waals surface area (Å²) < 4.78 is 0. The van der Waals surface area contributed by atoms with E-state index in [1.807, 2.05) is 0 Å². The van der Waals surface area contributed by atoms with Gasteiger partial charge in [0.05, 0.1) is 0 Å². The van der Waals surface area contributed by atoms with Gasteiger partial charge in [0.15, 0.2) is 0 Å². The quantitative estimate of drug-likeness (QED) is 0.274. The zero-order chi connectivity index (χ0) is 14.2. The van der Waals surface area contributed by atoms with Gasteiger partial charge in [0, 0.05) is 0 Å². The van der Waals surface area contributed by atoms with Crippen LogP contribution in [0.4, 0.5) is 0 Å². The SMILES string of the molecule is [CH3-].[CH3-].[Si]=[Zr].c1ccc2[cH-]ccc2c1.c1ccc2[cH-]ccc2c1. The Bertz CT molecular complexity index is 641. The summed E-state index contributed by atoms with van der Waals surface area (Å²) >= 11 is 1.36. The molecule has 0 aliphatic rings. The van der Waals surface area contributed by atoms with Crippen LogP contribution in [0.2, 0.25) is 0 Å². The van der Waals surface area contributed by atoms with Crippen LogP contribution in [0.3, 0.4) is 0 Å². The molecule has 0 aromatic heterocycles. The summed E-state index contributed by atoms with van der Waals surface area (Å²) in [4.78, 5) is 0. The minimum atomic E-state index is 0. The molecule has 0 atom stereocenters. The van der Waals surface area contributed by atoms with Crippen LogP contribution in [0, 0.1) is 14.9 Å². The molecule has 0 aliphatic heterocycles. The first-order chi connectivity index (χ1) is 9.93. The van der Waals surface area contributed by atoms with Gasteiger partial charge in [-0.3, -0.25) is 0 Å². The minimum absolute atomic E-state index is 0. The molecular weight excluding hydrogens is 360 g/mol. The van der Waals surface area contributed by atoms with Gasteiger partial charge < -0.3 is 14.9 Å². The predicted molar refractivity (Wildman–Crippen MR) is 97.7 cm³/mol. The Morgan fingerprint density at radius 2 is 0.955 bits per heavy atom.